The van der Waals surface area contributed by atoms with Crippen LogP contribution in [-0.2, 0) is 4.79 Å². The van der Waals surface area contributed by atoms with Crippen molar-refractivity contribution in [1.29, 1.82) is 0 Å². The number of nitrogens with zero attached hydrogens (tertiary/aromatic N) is 1. The van der Waals surface area contributed by atoms with E-state index in [2.05, 4.69) is 24.5 Å². The molecular formula is C11H23N3O. The number of nitrogens with one attached hydrogen (secondary N) is 2. The van der Waals surface area contributed by atoms with Crippen molar-refractivity contribution in [2.45, 2.75) is 38.8 Å². The second-order valence-electron chi connectivity index (χ2n) is 4.61. The van der Waals surface area contributed by atoms with E-state index in [0.29, 0.717) is 18.6 Å². The average Bonchev–Trinajstić information content (AvgIpc) is 2.66. The minimum Gasteiger partial charge on any atom is -0.353 e. The lowest BCUT2D eigenvalue weighted by atomic mass is 10.2. The van der Waals surface area contributed by atoms with E-state index in [4.69, 9.17) is 0 Å². The normalized spacial score (nSPS) is 21.3. The van der Waals surface area contributed by atoms with Gasteiger partial charge in [0.25, 0.3) is 0 Å². The maximum absolute atomic E-state index is 11.5. The zero-order chi connectivity index (χ0) is 11.3. The Morgan fingerprint density at radius 1 is 1.60 bits per heavy atom. The van der Waals surface area contributed by atoms with Gasteiger partial charge in [0.05, 0.1) is 6.54 Å². The monoisotopic (exact) mass is 213 g/mol. The Bertz CT molecular complexity index is 200. The van der Waals surface area contributed by atoms with Crippen molar-refractivity contribution in [2.75, 3.05) is 26.7 Å². The first-order valence-electron chi connectivity index (χ1n) is 5.80. The van der Waals surface area contributed by atoms with Crippen LogP contribution in [0.15, 0.2) is 0 Å². The second kappa shape index (κ2) is 6.08. The van der Waals surface area contributed by atoms with Crippen LogP contribution in [0.25, 0.3) is 0 Å². The van der Waals surface area contributed by atoms with E-state index >= 15 is 0 Å². The molecule has 0 aromatic carbocycles. The first kappa shape index (κ1) is 12.5. The molecular weight excluding hydrogens is 190 g/mol. The summed E-state index contributed by atoms with van der Waals surface area (Å²) in [6.45, 7) is 6.53. The third kappa shape index (κ3) is 4.62. The van der Waals surface area contributed by atoms with Crippen LogP contribution in [0.1, 0.15) is 26.7 Å². The molecule has 0 saturated carbocycles. The quantitative estimate of drug-likeness (QED) is 0.685. The van der Waals surface area contributed by atoms with Crippen molar-refractivity contribution in [3.05, 3.63) is 0 Å². The Morgan fingerprint density at radius 3 is 2.87 bits per heavy atom. The van der Waals surface area contributed by atoms with Gasteiger partial charge in [-0.2, -0.15) is 0 Å². The Balaban J connectivity index is 2.12. The van der Waals surface area contributed by atoms with Crippen LogP contribution >= 0.6 is 0 Å². The number of carbonyl (C=O) groups excluding carboxylic acids is 1. The predicted molar refractivity (Wildman–Crippen MR) is 61.8 cm³/mol. The number of amides is 1. The molecule has 0 aliphatic carbocycles. The minimum atomic E-state index is 0.125. The number of hydrogen-bond acceptors (Lipinski definition) is 3. The number of rotatable bonds is 5. The molecule has 1 rings (SSSR count). The Labute approximate surface area is 92.4 Å². The van der Waals surface area contributed by atoms with Crippen molar-refractivity contribution < 1.29 is 4.79 Å². The smallest absolute Gasteiger partial charge is 0.234 e. The van der Waals surface area contributed by atoms with E-state index in [-0.39, 0.29) is 5.91 Å². The molecule has 0 aromatic heterocycles. The van der Waals surface area contributed by atoms with E-state index in [1.807, 2.05) is 11.9 Å². The molecule has 0 spiro atoms. The average molecular weight is 213 g/mol. The summed E-state index contributed by atoms with van der Waals surface area (Å²) in [7, 11) is 1.97. The number of hydrogen-bond donors (Lipinski definition) is 2. The van der Waals surface area contributed by atoms with Crippen molar-refractivity contribution >= 4 is 5.91 Å². The van der Waals surface area contributed by atoms with Crippen LogP contribution in [0.4, 0.5) is 0 Å². The summed E-state index contributed by atoms with van der Waals surface area (Å²) >= 11 is 0. The lowest BCUT2D eigenvalue weighted by molar-refractivity contribution is -0.122. The molecule has 0 aromatic rings. The molecule has 0 radical (unpaired) electrons. The molecule has 4 nitrogen and oxygen atoms in total. The van der Waals surface area contributed by atoms with Gasteiger partial charge in [0.15, 0.2) is 0 Å². The molecule has 1 amide bonds. The Hall–Kier alpha value is -0.610. The fraction of sp³-hybridized carbons (Fsp3) is 0.909. The van der Waals surface area contributed by atoms with Gasteiger partial charge in [-0.15, -0.1) is 0 Å². The second-order valence-corrected chi connectivity index (χ2v) is 4.61. The summed E-state index contributed by atoms with van der Waals surface area (Å²) in [5.41, 5.74) is 0. The van der Waals surface area contributed by atoms with Crippen LogP contribution in [0.5, 0.6) is 0 Å². The van der Waals surface area contributed by atoms with Gasteiger partial charge in [-0.1, -0.05) is 0 Å². The molecule has 1 aliphatic heterocycles. The molecule has 1 heterocycles. The van der Waals surface area contributed by atoms with E-state index in [1.54, 1.807) is 0 Å². The fourth-order valence-electron chi connectivity index (χ4n) is 1.63. The molecule has 0 bridgehead atoms. The van der Waals surface area contributed by atoms with Crippen LogP contribution in [0, 0.1) is 0 Å². The van der Waals surface area contributed by atoms with Crippen molar-refractivity contribution in [1.82, 2.24) is 15.5 Å². The number of likely N-dealkylation sites (N-methyl/N-ethyl adjacent to an activating group) is 1. The van der Waals surface area contributed by atoms with Crippen molar-refractivity contribution in [3.8, 4) is 0 Å². The van der Waals surface area contributed by atoms with Gasteiger partial charge in [-0.05, 0) is 40.3 Å². The first-order chi connectivity index (χ1) is 7.09. The van der Waals surface area contributed by atoms with Crippen LogP contribution in [-0.4, -0.2) is 49.6 Å². The highest BCUT2D eigenvalue weighted by Crippen LogP contribution is 2.03. The van der Waals surface area contributed by atoms with Crippen LogP contribution in [0.3, 0.4) is 0 Å². The van der Waals surface area contributed by atoms with Gasteiger partial charge in [-0.25, -0.2) is 0 Å². The largest absolute Gasteiger partial charge is 0.353 e. The van der Waals surface area contributed by atoms with E-state index in [9.17, 15) is 4.79 Å². The summed E-state index contributed by atoms with van der Waals surface area (Å²) in [6, 6.07) is 0.902. The summed E-state index contributed by atoms with van der Waals surface area (Å²) in [5.74, 6) is 0.125. The third-order valence-electron chi connectivity index (χ3n) is 2.98. The standard InChI is InChI=1S/C11H23N3O/c1-9(2)14(3)8-11(15)13-7-10-5-4-6-12-10/h9-10,12H,4-8H2,1-3H3,(H,13,15). The van der Waals surface area contributed by atoms with E-state index in [1.165, 1.54) is 12.8 Å². The molecule has 88 valence electrons. The lowest BCUT2D eigenvalue weighted by Crippen LogP contribution is -2.42. The lowest BCUT2D eigenvalue weighted by Gasteiger charge is -2.20. The molecule has 1 unspecified atom stereocenters. The zero-order valence-electron chi connectivity index (χ0n) is 10.0. The first-order valence-corrected chi connectivity index (χ1v) is 5.80. The summed E-state index contributed by atoms with van der Waals surface area (Å²) in [4.78, 5) is 13.6. The van der Waals surface area contributed by atoms with Gasteiger partial charge >= 0.3 is 0 Å². The van der Waals surface area contributed by atoms with Gasteiger partial charge in [-0.3, -0.25) is 9.69 Å². The van der Waals surface area contributed by atoms with Crippen LogP contribution < -0.4 is 10.6 Å². The molecule has 1 atom stereocenters. The maximum atomic E-state index is 11.5. The summed E-state index contributed by atoms with van der Waals surface area (Å²) in [6.07, 6.45) is 2.41. The molecule has 1 aliphatic rings. The number of carbonyl (C=O) groups is 1. The molecule has 4 heteroatoms. The third-order valence-corrected chi connectivity index (χ3v) is 2.98. The van der Waals surface area contributed by atoms with Crippen LogP contribution in [0.2, 0.25) is 0 Å². The van der Waals surface area contributed by atoms with Gasteiger partial charge in [0, 0.05) is 18.6 Å². The fourth-order valence-corrected chi connectivity index (χ4v) is 1.63. The SMILES string of the molecule is CC(C)N(C)CC(=O)NCC1CCCN1. The highest BCUT2D eigenvalue weighted by atomic mass is 16.2. The highest BCUT2D eigenvalue weighted by Gasteiger charge is 2.15. The molecule has 2 N–H and O–H groups in total. The Kier molecular flexibility index (Phi) is 5.05. The van der Waals surface area contributed by atoms with Gasteiger partial charge in [0.1, 0.15) is 0 Å². The molecule has 1 fully saturated rings. The molecule has 1 saturated heterocycles. The summed E-state index contributed by atoms with van der Waals surface area (Å²) in [5, 5.41) is 6.33. The van der Waals surface area contributed by atoms with Gasteiger partial charge in [0.2, 0.25) is 5.91 Å². The minimum absolute atomic E-state index is 0.125. The zero-order valence-corrected chi connectivity index (χ0v) is 10.0. The summed E-state index contributed by atoms with van der Waals surface area (Å²) < 4.78 is 0. The van der Waals surface area contributed by atoms with E-state index < -0.39 is 0 Å². The van der Waals surface area contributed by atoms with Gasteiger partial charge < -0.3 is 10.6 Å². The van der Waals surface area contributed by atoms with E-state index in [0.717, 1.165) is 13.1 Å². The highest BCUT2D eigenvalue weighted by molar-refractivity contribution is 5.78. The Morgan fingerprint density at radius 2 is 2.33 bits per heavy atom. The topological polar surface area (TPSA) is 44.4 Å². The van der Waals surface area contributed by atoms with Crippen molar-refractivity contribution in [3.63, 3.8) is 0 Å². The predicted octanol–water partition coefficient (Wildman–Crippen LogP) is 0.195. The molecule has 15 heavy (non-hydrogen) atoms. The maximum Gasteiger partial charge on any atom is 0.234 e. The van der Waals surface area contributed by atoms with Crippen molar-refractivity contribution in [2.24, 2.45) is 0 Å².